The molecule has 0 aromatic heterocycles. The SMILES string of the molecule is O=[N+]([O-])c1ccccc1C(CCc1ccccc1Br)OC(CCc1ccccc1Br)c1ccccc1[N+](=O)[O-]. The monoisotopic (exact) mass is 652 g/mol. The number of aryl methyl sites for hydroxylation is 2. The Hall–Kier alpha value is -3.40. The minimum absolute atomic E-state index is 0.0401. The third kappa shape index (κ3) is 7.38. The summed E-state index contributed by atoms with van der Waals surface area (Å²) in [4.78, 5) is 23.1. The van der Waals surface area contributed by atoms with E-state index in [2.05, 4.69) is 31.9 Å². The highest BCUT2D eigenvalue weighted by atomic mass is 79.9. The summed E-state index contributed by atoms with van der Waals surface area (Å²) >= 11 is 7.16. The van der Waals surface area contributed by atoms with Crippen LogP contribution in [0.2, 0.25) is 0 Å². The molecule has 2 unspecified atom stereocenters. The number of nitro groups is 2. The number of benzene rings is 4. The van der Waals surface area contributed by atoms with Crippen molar-refractivity contribution in [3.8, 4) is 0 Å². The van der Waals surface area contributed by atoms with E-state index in [1.165, 1.54) is 12.1 Å². The summed E-state index contributed by atoms with van der Waals surface area (Å²) in [6.07, 6.45) is 0.711. The number of nitro benzene ring substituents is 2. The third-order valence-corrected chi connectivity index (χ3v) is 8.10. The molecule has 0 amide bonds. The lowest BCUT2D eigenvalue weighted by Crippen LogP contribution is -2.15. The average Bonchev–Trinajstić information content (AvgIpc) is 2.94. The smallest absolute Gasteiger partial charge is 0.275 e. The van der Waals surface area contributed by atoms with E-state index < -0.39 is 22.1 Å². The van der Waals surface area contributed by atoms with Gasteiger partial charge in [-0.05, 0) is 61.1 Å². The Balaban J connectivity index is 1.73. The normalized spacial score (nSPS) is 12.6. The van der Waals surface area contributed by atoms with E-state index in [1.807, 2.05) is 48.5 Å². The van der Waals surface area contributed by atoms with E-state index in [0.717, 1.165) is 20.1 Å². The van der Waals surface area contributed by atoms with Gasteiger partial charge in [-0.25, -0.2) is 0 Å². The van der Waals surface area contributed by atoms with Crippen molar-refractivity contribution < 1.29 is 14.6 Å². The highest BCUT2D eigenvalue weighted by molar-refractivity contribution is 9.10. The Morgan fingerprint density at radius 1 is 0.590 bits per heavy atom. The number of hydrogen-bond acceptors (Lipinski definition) is 5. The zero-order valence-corrected chi connectivity index (χ0v) is 24.1. The lowest BCUT2D eigenvalue weighted by molar-refractivity contribution is -0.387. The maximum atomic E-state index is 11.9. The second-order valence-corrected chi connectivity index (χ2v) is 10.7. The molecule has 0 radical (unpaired) electrons. The summed E-state index contributed by atoms with van der Waals surface area (Å²) in [5, 5.41) is 23.9. The van der Waals surface area contributed by atoms with Gasteiger partial charge in [0.05, 0.1) is 33.2 Å². The molecule has 0 fully saturated rings. The Kier molecular flexibility index (Phi) is 9.97. The van der Waals surface area contributed by atoms with Gasteiger partial charge in [0.1, 0.15) is 0 Å². The van der Waals surface area contributed by atoms with Gasteiger partial charge >= 0.3 is 0 Å². The Bertz CT molecular complexity index is 1350. The summed E-state index contributed by atoms with van der Waals surface area (Å²) in [6, 6.07) is 28.7. The number of nitrogens with zero attached hydrogens (tertiary/aromatic N) is 2. The summed E-state index contributed by atoms with van der Waals surface area (Å²) in [5.74, 6) is 0. The summed E-state index contributed by atoms with van der Waals surface area (Å²) in [6.45, 7) is 0. The maximum absolute atomic E-state index is 11.9. The van der Waals surface area contributed by atoms with Crippen LogP contribution in [0.3, 0.4) is 0 Å². The fourth-order valence-electron chi connectivity index (χ4n) is 4.62. The summed E-state index contributed by atoms with van der Waals surface area (Å²) in [7, 11) is 0. The van der Waals surface area contributed by atoms with E-state index in [9.17, 15) is 20.2 Å². The van der Waals surface area contributed by atoms with Crippen LogP contribution in [0.4, 0.5) is 11.4 Å². The number of ether oxygens (including phenoxy) is 1. The highest BCUT2D eigenvalue weighted by Gasteiger charge is 2.29. The molecule has 0 aliphatic carbocycles. The van der Waals surface area contributed by atoms with Gasteiger partial charge < -0.3 is 4.74 Å². The first kappa shape index (κ1) is 28.6. The number of rotatable bonds is 12. The lowest BCUT2D eigenvalue weighted by Gasteiger charge is -2.26. The fourth-order valence-corrected chi connectivity index (χ4v) is 5.59. The number of para-hydroxylation sites is 2. The molecule has 4 aromatic carbocycles. The minimum Gasteiger partial charge on any atom is -0.365 e. The summed E-state index contributed by atoms with van der Waals surface area (Å²) in [5.41, 5.74) is 2.89. The van der Waals surface area contributed by atoms with Crippen LogP contribution in [-0.4, -0.2) is 9.85 Å². The Morgan fingerprint density at radius 2 is 0.949 bits per heavy atom. The standard InChI is InChI=1S/C30H26Br2N2O5/c31-25-13-5-1-9-21(25)17-19-29(23-11-3-7-15-27(23)33(35)36)39-30(20-18-22-10-2-6-14-26(22)32)24-12-4-8-16-28(24)34(37)38/h1-16,29-30H,17-20H2. The van der Waals surface area contributed by atoms with Gasteiger partial charge in [-0.1, -0.05) is 92.5 Å². The van der Waals surface area contributed by atoms with Crippen molar-refractivity contribution in [2.45, 2.75) is 37.9 Å². The van der Waals surface area contributed by atoms with Crippen LogP contribution in [0.1, 0.15) is 47.3 Å². The minimum atomic E-state index is -0.678. The molecular formula is C30H26Br2N2O5. The molecule has 200 valence electrons. The van der Waals surface area contributed by atoms with Crippen molar-refractivity contribution in [2.75, 3.05) is 0 Å². The molecule has 0 saturated carbocycles. The first-order chi connectivity index (χ1) is 18.8. The fraction of sp³-hybridized carbons (Fsp3) is 0.200. The van der Waals surface area contributed by atoms with Crippen LogP contribution in [-0.2, 0) is 17.6 Å². The molecular weight excluding hydrogens is 628 g/mol. The van der Waals surface area contributed by atoms with Gasteiger partial charge in [0.2, 0.25) is 0 Å². The van der Waals surface area contributed by atoms with Crippen molar-refractivity contribution in [1.82, 2.24) is 0 Å². The highest BCUT2D eigenvalue weighted by Crippen LogP contribution is 2.40. The van der Waals surface area contributed by atoms with Crippen LogP contribution < -0.4 is 0 Å². The van der Waals surface area contributed by atoms with Gasteiger partial charge in [-0.3, -0.25) is 20.2 Å². The van der Waals surface area contributed by atoms with E-state index in [1.54, 1.807) is 36.4 Å². The molecule has 0 N–H and O–H groups in total. The second kappa shape index (κ2) is 13.6. The second-order valence-electron chi connectivity index (χ2n) is 9.01. The average molecular weight is 654 g/mol. The van der Waals surface area contributed by atoms with Gasteiger partial charge in [-0.2, -0.15) is 0 Å². The van der Waals surface area contributed by atoms with Crippen molar-refractivity contribution in [3.63, 3.8) is 0 Å². The van der Waals surface area contributed by atoms with Gasteiger partial charge in [0.25, 0.3) is 11.4 Å². The molecule has 39 heavy (non-hydrogen) atoms. The predicted octanol–water partition coefficient (Wildman–Crippen LogP) is 9.09. The van der Waals surface area contributed by atoms with Crippen molar-refractivity contribution in [3.05, 3.63) is 148 Å². The predicted molar refractivity (Wildman–Crippen MR) is 158 cm³/mol. The molecule has 2 atom stereocenters. The van der Waals surface area contributed by atoms with Crippen LogP contribution in [0.15, 0.2) is 106 Å². The molecule has 7 nitrogen and oxygen atoms in total. The van der Waals surface area contributed by atoms with Crippen LogP contribution in [0, 0.1) is 20.2 Å². The van der Waals surface area contributed by atoms with Crippen molar-refractivity contribution >= 4 is 43.2 Å². The van der Waals surface area contributed by atoms with Gasteiger partial charge in [-0.15, -0.1) is 0 Å². The molecule has 4 aromatic rings. The van der Waals surface area contributed by atoms with Crippen LogP contribution >= 0.6 is 31.9 Å². The van der Waals surface area contributed by atoms with Crippen LogP contribution in [0.25, 0.3) is 0 Å². The quantitative estimate of drug-likeness (QED) is 0.112. The van der Waals surface area contributed by atoms with Gasteiger partial charge in [0.15, 0.2) is 0 Å². The molecule has 0 aliphatic rings. The van der Waals surface area contributed by atoms with E-state index >= 15 is 0 Å². The zero-order valence-electron chi connectivity index (χ0n) is 20.9. The van der Waals surface area contributed by atoms with E-state index in [-0.39, 0.29) is 11.4 Å². The van der Waals surface area contributed by atoms with E-state index in [4.69, 9.17) is 4.74 Å². The number of hydrogen-bond donors (Lipinski definition) is 0. The molecule has 4 rings (SSSR count). The Morgan fingerprint density at radius 3 is 1.33 bits per heavy atom. The zero-order chi connectivity index (χ0) is 27.8. The molecule has 9 heteroatoms. The van der Waals surface area contributed by atoms with E-state index in [0.29, 0.717) is 36.8 Å². The molecule has 0 heterocycles. The molecule has 0 aliphatic heterocycles. The largest absolute Gasteiger partial charge is 0.365 e. The summed E-state index contributed by atoms with van der Waals surface area (Å²) < 4.78 is 8.57. The lowest BCUT2D eigenvalue weighted by atomic mass is 9.96. The molecule has 0 saturated heterocycles. The first-order valence-corrected chi connectivity index (χ1v) is 14.0. The van der Waals surface area contributed by atoms with Gasteiger partial charge in [0, 0.05) is 21.1 Å². The van der Waals surface area contributed by atoms with Crippen LogP contribution in [0.5, 0.6) is 0 Å². The maximum Gasteiger partial charge on any atom is 0.275 e. The molecule has 0 bridgehead atoms. The van der Waals surface area contributed by atoms with Crippen molar-refractivity contribution in [1.29, 1.82) is 0 Å². The Labute approximate surface area is 243 Å². The molecule has 0 spiro atoms. The topological polar surface area (TPSA) is 95.5 Å². The number of halogens is 2. The first-order valence-electron chi connectivity index (χ1n) is 12.4. The third-order valence-electron chi connectivity index (χ3n) is 6.56. The van der Waals surface area contributed by atoms with Crippen molar-refractivity contribution in [2.24, 2.45) is 0 Å².